The van der Waals surface area contributed by atoms with Gasteiger partial charge < -0.3 is 16.0 Å². The molecule has 2 heterocycles. The second-order valence-electron chi connectivity index (χ2n) is 3.04. The molecular weight excluding hydrogens is 230 g/mol. The van der Waals surface area contributed by atoms with Crippen LogP contribution in [0.4, 0.5) is 11.5 Å². The average Bonchev–Trinajstić information content (AvgIpc) is 2.68. The third kappa shape index (κ3) is 2.29. The number of nitrogens with one attached hydrogen (secondary N) is 2. The minimum absolute atomic E-state index is 0.266. The molecule has 6 nitrogen and oxygen atoms in total. The van der Waals surface area contributed by atoms with E-state index in [1.54, 1.807) is 6.07 Å². The molecular formula is C9H8ClN5O. The predicted octanol–water partition coefficient (Wildman–Crippen LogP) is 1.29. The number of aromatic nitrogens is 3. The van der Waals surface area contributed by atoms with E-state index in [2.05, 4.69) is 20.5 Å². The van der Waals surface area contributed by atoms with Crippen LogP contribution >= 0.6 is 11.6 Å². The summed E-state index contributed by atoms with van der Waals surface area (Å²) in [4.78, 5) is 14.3. The summed E-state index contributed by atoms with van der Waals surface area (Å²) in [5.41, 5.74) is 6.32. The Hall–Kier alpha value is -2.08. The van der Waals surface area contributed by atoms with Gasteiger partial charge in [-0.2, -0.15) is 0 Å². The summed E-state index contributed by atoms with van der Waals surface area (Å²) in [5.74, 6) is -0.0177. The molecule has 0 aromatic carbocycles. The van der Waals surface area contributed by atoms with Gasteiger partial charge in [0.15, 0.2) is 11.0 Å². The number of carbonyl (C=O) groups is 1. The molecule has 0 radical (unpaired) electrons. The average molecular weight is 238 g/mol. The Kier molecular flexibility index (Phi) is 2.74. The molecule has 0 aliphatic carbocycles. The fraction of sp³-hybridized carbons (Fsp3) is 0. The van der Waals surface area contributed by atoms with Crippen LogP contribution in [0.2, 0.25) is 5.15 Å². The zero-order valence-corrected chi connectivity index (χ0v) is 8.82. The maximum atomic E-state index is 11.6. The van der Waals surface area contributed by atoms with E-state index in [0.717, 1.165) is 0 Å². The number of rotatable bonds is 2. The van der Waals surface area contributed by atoms with E-state index < -0.39 is 0 Å². The number of aromatic amines is 1. The SMILES string of the molecule is Nc1c[nH]c(C(=O)Nc2ccc(Cl)nn2)c1. The molecule has 1 amide bonds. The number of nitrogen functional groups attached to an aromatic ring is 1. The Morgan fingerprint density at radius 2 is 2.25 bits per heavy atom. The smallest absolute Gasteiger partial charge is 0.273 e. The highest BCUT2D eigenvalue weighted by Gasteiger charge is 2.08. The number of halogens is 1. The van der Waals surface area contributed by atoms with Gasteiger partial charge in [-0.15, -0.1) is 10.2 Å². The van der Waals surface area contributed by atoms with Gasteiger partial charge in [0, 0.05) is 11.9 Å². The van der Waals surface area contributed by atoms with Gasteiger partial charge in [-0.05, 0) is 18.2 Å². The molecule has 82 valence electrons. The summed E-state index contributed by atoms with van der Waals surface area (Å²) >= 11 is 5.56. The van der Waals surface area contributed by atoms with Gasteiger partial charge in [0.1, 0.15) is 5.69 Å². The lowest BCUT2D eigenvalue weighted by Gasteiger charge is -2.00. The zero-order valence-electron chi connectivity index (χ0n) is 8.07. The lowest BCUT2D eigenvalue weighted by atomic mass is 10.4. The second-order valence-corrected chi connectivity index (χ2v) is 3.43. The normalized spacial score (nSPS) is 10.1. The first kappa shape index (κ1) is 10.4. The van der Waals surface area contributed by atoms with Crippen LogP contribution in [0.5, 0.6) is 0 Å². The highest BCUT2D eigenvalue weighted by molar-refractivity contribution is 6.29. The van der Waals surface area contributed by atoms with E-state index in [1.165, 1.54) is 18.3 Å². The molecule has 2 aromatic heterocycles. The van der Waals surface area contributed by atoms with Crippen LogP contribution in [0.25, 0.3) is 0 Å². The number of hydrogen-bond acceptors (Lipinski definition) is 4. The molecule has 2 rings (SSSR count). The van der Waals surface area contributed by atoms with E-state index in [1.807, 2.05) is 0 Å². The molecule has 0 aliphatic heterocycles. The van der Waals surface area contributed by atoms with Crippen molar-refractivity contribution in [1.82, 2.24) is 15.2 Å². The van der Waals surface area contributed by atoms with E-state index >= 15 is 0 Å². The van der Waals surface area contributed by atoms with Gasteiger partial charge in [-0.25, -0.2) is 0 Å². The third-order valence-corrected chi connectivity index (χ3v) is 2.03. The van der Waals surface area contributed by atoms with Crippen molar-refractivity contribution < 1.29 is 4.79 Å². The van der Waals surface area contributed by atoms with E-state index in [4.69, 9.17) is 17.3 Å². The third-order valence-electron chi connectivity index (χ3n) is 1.82. The summed E-state index contributed by atoms with van der Waals surface area (Å²) in [7, 11) is 0. The molecule has 0 saturated heterocycles. The van der Waals surface area contributed by atoms with Crippen molar-refractivity contribution in [1.29, 1.82) is 0 Å². The van der Waals surface area contributed by atoms with Crippen LogP contribution in [0, 0.1) is 0 Å². The van der Waals surface area contributed by atoms with Crippen LogP contribution in [-0.2, 0) is 0 Å². The molecule has 0 bridgehead atoms. The maximum absolute atomic E-state index is 11.6. The lowest BCUT2D eigenvalue weighted by Crippen LogP contribution is -2.13. The van der Waals surface area contributed by atoms with Crippen molar-refractivity contribution in [2.75, 3.05) is 11.1 Å². The van der Waals surface area contributed by atoms with Crippen molar-refractivity contribution in [2.45, 2.75) is 0 Å². The van der Waals surface area contributed by atoms with Crippen LogP contribution in [-0.4, -0.2) is 21.1 Å². The summed E-state index contributed by atoms with van der Waals surface area (Å²) < 4.78 is 0. The zero-order chi connectivity index (χ0) is 11.5. The standard InChI is InChI=1S/C9H8ClN5O/c10-7-1-2-8(15-14-7)13-9(16)6-3-5(11)4-12-6/h1-4,12H,11H2,(H,13,15,16). The largest absolute Gasteiger partial charge is 0.397 e. The van der Waals surface area contributed by atoms with Gasteiger partial charge in [-0.3, -0.25) is 4.79 Å². The van der Waals surface area contributed by atoms with Crippen molar-refractivity contribution in [3.05, 3.63) is 35.2 Å². The summed E-state index contributed by atoms with van der Waals surface area (Å²) in [6.45, 7) is 0. The molecule has 16 heavy (non-hydrogen) atoms. The lowest BCUT2D eigenvalue weighted by molar-refractivity contribution is 0.102. The fourth-order valence-corrected chi connectivity index (χ4v) is 1.21. The Balaban J connectivity index is 2.10. The first-order chi connectivity index (χ1) is 7.65. The Bertz CT molecular complexity index is 507. The number of H-pyrrole nitrogens is 1. The highest BCUT2D eigenvalue weighted by atomic mass is 35.5. The van der Waals surface area contributed by atoms with Crippen molar-refractivity contribution >= 4 is 29.0 Å². The fourth-order valence-electron chi connectivity index (χ4n) is 1.11. The molecule has 0 unspecified atom stereocenters. The predicted molar refractivity (Wildman–Crippen MR) is 60.2 cm³/mol. The van der Waals surface area contributed by atoms with E-state index in [-0.39, 0.29) is 11.1 Å². The molecule has 7 heteroatoms. The quantitative estimate of drug-likeness (QED) is 0.733. The van der Waals surface area contributed by atoms with Crippen LogP contribution < -0.4 is 11.1 Å². The summed E-state index contributed by atoms with van der Waals surface area (Å²) in [6.07, 6.45) is 1.53. The first-order valence-corrected chi connectivity index (χ1v) is 4.77. The molecule has 0 spiro atoms. The van der Waals surface area contributed by atoms with Gasteiger partial charge in [-0.1, -0.05) is 11.6 Å². The van der Waals surface area contributed by atoms with Crippen LogP contribution in [0.15, 0.2) is 24.4 Å². The topological polar surface area (TPSA) is 96.7 Å². The van der Waals surface area contributed by atoms with Gasteiger partial charge >= 0.3 is 0 Å². The first-order valence-electron chi connectivity index (χ1n) is 4.39. The number of anilines is 2. The minimum Gasteiger partial charge on any atom is -0.397 e. The van der Waals surface area contributed by atoms with Crippen molar-refractivity contribution in [2.24, 2.45) is 0 Å². The Morgan fingerprint density at radius 3 is 2.81 bits per heavy atom. The number of hydrogen-bond donors (Lipinski definition) is 3. The molecule has 0 fully saturated rings. The summed E-state index contributed by atoms with van der Waals surface area (Å²) in [5, 5.41) is 10.1. The van der Waals surface area contributed by atoms with Crippen LogP contribution in [0.1, 0.15) is 10.5 Å². The monoisotopic (exact) mass is 237 g/mol. The number of carbonyl (C=O) groups excluding carboxylic acids is 1. The molecule has 0 saturated carbocycles. The molecule has 2 aromatic rings. The van der Waals surface area contributed by atoms with E-state index in [0.29, 0.717) is 17.2 Å². The second kappa shape index (κ2) is 4.19. The number of amides is 1. The van der Waals surface area contributed by atoms with E-state index in [9.17, 15) is 4.79 Å². The highest BCUT2D eigenvalue weighted by Crippen LogP contribution is 2.09. The van der Waals surface area contributed by atoms with Crippen molar-refractivity contribution in [3.8, 4) is 0 Å². The Morgan fingerprint density at radius 1 is 1.44 bits per heavy atom. The van der Waals surface area contributed by atoms with Gasteiger partial charge in [0.05, 0.1) is 0 Å². The minimum atomic E-state index is -0.340. The molecule has 4 N–H and O–H groups in total. The molecule has 0 aliphatic rings. The molecule has 0 atom stereocenters. The van der Waals surface area contributed by atoms with Crippen LogP contribution in [0.3, 0.4) is 0 Å². The van der Waals surface area contributed by atoms with Gasteiger partial charge in [0.2, 0.25) is 0 Å². The Labute approximate surface area is 95.8 Å². The number of nitrogens with two attached hydrogens (primary N) is 1. The maximum Gasteiger partial charge on any atom is 0.273 e. The van der Waals surface area contributed by atoms with Gasteiger partial charge in [0.25, 0.3) is 5.91 Å². The van der Waals surface area contributed by atoms with Crippen molar-refractivity contribution in [3.63, 3.8) is 0 Å². The number of nitrogens with zero attached hydrogens (tertiary/aromatic N) is 2. The summed E-state index contributed by atoms with van der Waals surface area (Å²) in [6, 6.07) is 4.62.